The number of amides is 1. The Balaban J connectivity index is 2.65. The number of alkyl carbamates (subject to hydrolysis) is 1. The van der Waals surface area contributed by atoms with Gasteiger partial charge in [-0.15, -0.1) is 0 Å². The van der Waals surface area contributed by atoms with Gasteiger partial charge in [0.15, 0.2) is 0 Å². The highest BCUT2D eigenvalue weighted by molar-refractivity contribution is 6.32. The van der Waals surface area contributed by atoms with Gasteiger partial charge < -0.3 is 15.8 Å². The van der Waals surface area contributed by atoms with Crippen molar-refractivity contribution in [1.82, 2.24) is 10.3 Å². The molecule has 112 valence electrons. The Bertz CT molecular complexity index is 475. The minimum absolute atomic E-state index is 0.262. The average Bonchev–Trinajstić information content (AvgIpc) is 2.29. The number of hydrogen-bond donors (Lipinski definition) is 2. The Morgan fingerprint density at radius 3 is 2.60 bits per heavy atom. The SMILES string of the molecule is CC(C)(C)OC(=O)NC(CN)Cc1ccc(Cl)nc1Cl. The number of carbonyl (C=O) groups excluding carboxylic acids is 1. The van der Waals surface area contributed by atoms with Gasteiger partial charge >= 0.3 is 6.09 Å². The van der Waals surface area contributed by atoms with E-state index in [1.165, 1.54) is 0 Å². The van der Waals surface area contributed by atoms with E-state index in [0.29, 0.717) is 16.7 Å². The number of pyridine rings is 1. The van der Waals surface area contributed by atoms with Gasteiger partial charge in [-0.2, -0.15) is 0 Å². The van der Waals surface area contributed by atoms with Crippen LogP contribution in [0.15, 0.2) is 12.1 Å². The molecule has 20 heavy (non-hydrogen) atoms. The molecular formula is C13H19Cl2N3O2. The van der Waals surface area contributed by atoms with Crippen LogP contribution in [0.5, 0.6) is 0 Å². The maximum Gasteiger partial charge on any atom is 0.407 e. The second-order valence-electron chi connectivity index (χ2n) is 5.37. The molecule has 1 unspecified atom stereocenters. The zero-order valence-electron chi connectivity index (χ0n) is 11.7. The van der Waals surface area contributed by atoms with Crippen molar-refractivity contribution >= 4 is 29.3 Å². The van der Waals surface area contributed by atoms with Gasteiger partial charge in [0.25, 0.3) is 0 Å². The number of nitrogens with two attached hydrogens (primary N) is 1. The van der Waals surface area contributed by atoms with Crippen LogP contribution in [0, 0.1) is 0 Å². The number of ether oxygens (including phenoxy) is 1. The standard InChI is InChI=1S/C13H19Cl2N3O2/c1-13(2,3)20-12(19)17-9(7-16)6-8-4-5-10(14)18-11(8)15/h4-5,9H,6-7,16H2,1-3H3,(H,17,19). The molecule has 1 rings (SSSR count). The lowest BCUT2D eigenvalue weighted by molar-refractivity contribution is 0.0506. The summed E-state index contributed by atoms with van der Waals surface area (Å²) in [5, 5.41) is 3.34. The molecule has 0 aromatic carbocycles. The third-order valence-electron chi connectivity index (χ3n) is 2.36. The number of nitrogens with one attached hydrogen (secondary N) is 1. The van der Waals surface area contributed by atoms with E-state index >= 15 is 0 Å². The predicted molar refractivity (Wildman–Crippen MR) is 80.2 cm³/mol. The fourth-order valence-electron chi connectivity index (χ4n) is 1.53. The summed E-state index contributed by atoms with van der Waals surface area (Å²) in [6.45, 7) is 5.65. The molecular weight excluding hydrogens is 301 g/mol. The minimum atomic E-state index is -0.553. The van der Waals surface area contributed by atoms with Crippen LogP contribution in [0.1, 0.15) is 26.3 Å². The Kier molecular flexibility index (Phi) is 6.05. The molecule has 0 aliphatic carbocycles. The Morgan fingerprint density at radius 2 is 2.10 bits per heavy atom. The number of hydrogen-bond acceptors (Lipinski definition) is 4. The smallest absolute Gasteiger partial charge is 0.407 e. The Hall–Kier alpha value is -1.04. The van der Waals surface area contributed by atoms with Crippen molar-refractivity contribution in [2.45, 2.75) is 38.8 Å². The fourth-order valence-corrected chi connectivity index (χ4v) is 1.95. The number of carbonyl (C=O) groups is 1. The maximum absolute atomic E-state index is 11.7. The molecule has 0 saturated carbocycles. The summed E-state index contributed by atoms with van der Waals surface area (Å²) >= 11 is 11.7. The van der Waals surface area contributed by atoms with E-state index in [0.717, 1.165) is 5.56 Å². The normalized spacial score (nSPS) is 12.9. The van der Waals surface area contributed by atoms with Crippen LogP contribution >= 0.6 is 23.2 Å². The van der Waals surface area contributed by atoms with Crippen LogP contribution in [-0.2, 0) is 11.2 Å². The zero-order chi connectivity index (χ0) is 15.3. The summed E-state index contributed by atoms with van der Waals surface area (Å²) in [6.07, 6.45) is -0.0512. The van der Waals surface area contributed by atoms with Crippen LogP contribution in [-0.4, -0.2) is 29.3 Å². The van der Waals surface area contributed by atoms with E-state index in [2.05, 4.69) is 10.3 Å². The second-order valence-corrected chi connectivity index (χ2v) is 6.11. The van der Waals surface area contributed by atoms with Crippen molar-refractivity contribution in [2.24, 2.45) is 5.73 Å². The summed E-state index contributed by atoms with van der Waals surface area (Å²) in [5.74, 6) is 0. The molecule has 0 fully saturated rings. The molecule has 0 aliphatic heterocycles. The van der Waals surface area contributed by atoms with E-state index in [-0.39, 0.29) is 12.6 Å². The number of rotatable bonds is 4. The molecule has 1 heterocycles. The summed E-state index contributed by atoms with van der Waals surface area (Å²) in [7, 11) is 0. The molecule has 1 aromatic rings. The Morgan fingerprint density at radius 1 is 1.45 bits per heavy atom. The van der Waals surface area contributed by atoms with Crippen molar-refractivity contribution in [2.75, 3.05) is 6.54 Å². The lowest BCUT2D eigenvalue weighted by Gasteiger charge is -2.23. The number of halogens is 2. The van der Waals surface area contributed by atoms with Gasteiger partial charge in [0.05, 0.1) is 0 Å². The highest BCUT2D eigenvalue weighted by Crippen LogP contribution is 2.18. The molecule has 0 saturated heterocycles. The van der Waals surface area contributed by atoms with Gasteiger partial charge in [0.1, 0.15) is 15.9 Å². The molecule has 0 aliphatic rings. The van der Waals surface area contributed by atoms with E-state index in [1.807, 2.05) is 0 Å². The van der Waals surface area contributed by atoms with E-state index < -0.39 is 11.7 Å². The molecule has 1 atom stereocenters. The first-order chi connectivity index (χ1) is 9.21. The first-order valence-electron chi connectivity index (χ1n) is 6.22. The van der Waals surface area contributed by atoms with Crippen molar-refractivity contribution in [1.29, 1.82) is 0 Å². The predicted octanol–water partition coefficient (Wildman–Crippen LogP) is 2.78. The summed E-state index contributed by atoms with van der Waals surface area (Å²) in [6, 6.07) is 3.12. The van der Waals surface area contributed by atoms with Gasteiger partial charge in [0.2, 0.25) is 0 Å². The van der Waals surface area contributed by atoms with Crippen molar-refractivity contribution in [3.8, 4) is 0 Å². The second kappa shape index (κ2) is 7.11. The molecule has 0 spiro atoms. The van der Waals surface area contributed by atoms with Crippen molar-refractivity contribution < 1.29 is 9.53 Å². The Labute approximate surface area is 128 Å². The molecule has 5 nitrogen and oxygen atoms in total. The van der Waals surface area contributed by atoms with Crippen LogP contribution in [0.3, 0.4) is 0 Å². The van der Waals surface area contributed by atoms with Crippen LogP contribution < -0.4 is 11.1 Å². The van der Waals surface area contributed by atoms with Gasteiger partial charge in [0, 0.05) is 12.6 Å². The summed E-state index contributed by atoms with van der Waals surface area (Å²) in [5.41, 5.74) is 5.87. The lowest BCUT2D eigenvalue weighted by Crippen LogP contribution is -2.44. The molecule has 0 bridgehead atoms. The van der Waals surface area contributed by atoms with Crippen LogP contribution in [0.25, 0.3) is 0 Å². The van der Waals surface area contributed by atoms with Crippen LogP contribution in [0.2, 0.25) is 10.3 Å². The molecule has 7 heteroatoms. The van der Waals surface area contributed by atoms with E-state index in [4.69, 9.17) is 33.7 Å². The first-order valence-corrected chi connectivity index (χ1v) is 6.97. The van der Waals surface area contributed by atoms with Gasteiger partial charge in [-0.1, -0.05) is 29.3 Å². The monoisotopic (exact) mass is 319 g/mol. The molecule has 1 amide bonds. The van der Waals surface area contributed by atoms with Crippen molar-refractivity contribution in [3.63, 3.8) is 0 Å². The third kappa shape index (κ3) is 5.94. The van der Waals surface area contributed by atoms with Gasteiger partial charge in [-0.25, -0.2) is 9.78 Å². The lowest BCUT2D eigenvalue weighted by atomic mass is 10.1. The highest BCUT2D eigenvalue weighted by Gasteiger charge is 2.19. The molecule has 3 N–H and O–H groups in total. The van der Waals surface area contributed by atoms with Crippen LogP contribution in [0.4, 0.5) is 4.79 Å². The first kappa shape index (κ1) is 17.0. The third-order valence-corrected chi connectivity index (χ3v) is 2.90. The molecule has 1 aromatic heterocycles. The summed E-state index contributed by atoms with van der Waals surface area (Å²) < 4.78 is 5.18. The fraction of sp³-hybridized carbons (Fsp3) is 0.538. The minimum Gasteiger partial charge on any atom is -0.444 e. The van der Waals surface area contributed by atoms with E-state index in [1.54, 1.807) is 32.9 Å². The maximum atomic E-state index is 11.7. The number of aromatic nitrogens is 1. The summed E-state index contributed by atoms with van der Waals surface area (Å²) in [4.78, 5) is 15.6. The quantitative estimate of drug-likeness (QED) is 0.836. The van der Waals surface area contributed by atoms with Crippen molar-refractivity contribution in [3.05, 3.63) is 28.0 Å². The molecule has 0 radical (unpaired) electrons. The van der Waals surface area contributed by atoms with E-state index in [9.17, 15) is 4.79 Å². The average molecular weight is 320 g/mol. The zero-order valence-corrected chi connectivity index (χ0v) is 13.3. The highest BCUT2D eigenvalue weighted by atomic mass is 35.5. The van der Waals surface area contributed by atoms with Gasteiger partial charge in [-0.3, -0.25) is 0 Å². The topological polar surface area (TPSA) is 77.2 Å². The number of nitrogens with zero attached hydrogens (tertiary/aromatic N) is 1. The van der Waals surface area contributed by atoms with Gasteiger partial charge in [-0.05, 0) is 38.8 Å². The largest absolute Gasteiger partial charge is 0.444 e.